The lowest BCUT2D eigenvalue weighted by atomic mass is 10.2. The van der Waals surface area contributed by atoms with Gasteiger partial charge in [0.1, 0.15) is 11.5 Å². The number of aliphatic hydroxyl groups excluding tert-OH is 1. The van der Waals surface area contributed by atoms with Gasteiger partial charge in [0, 0.05) is 23.7 Å². The third-order valence-electron chi connectivity index (χ3n) is 4.34. The van der Waals surface area contributed by atoms with Gasteiger partial charge in [-0.3, -0.25) is 9.36 Å². The van der Waals surface area contributed by atoms with Gasteiger partial charge in [0.25, 0.3) is 5.56 Å². The average molecular weight is 404 g/mol. The van der Waals surface area contributed by atoms with Crippen LogP contribution in [0.3, 0.4) is 0 Å². The Morgan fingerprint density at radius 2 is 2.00 bits per heavy atom. The first-order valence-electron chi connectivity index (χ1n) is 9.26. The lowest BCUT2D eigenvalue weighted by molar-refractivity contribution is 0.173. The average Bonchev–Trinajstić information content (AvgIpc) is 2.67. The van der Waals surface area contributed by atoms with Gasteiger partial charge < -0.3 is 15.2 Å². The van der Waals surface area contributed by atoms with Crippen molar-refractivity contribution in [3.8, 4) is 11.5 Å². The zero-order valence-corrected chi connectivity index (χ0v) is 16.3. The van der Waals surface area contributed by atoms with E-state index in [1.54, 1.807) is 0 Å². The van der Waals surface area contributed by atoms with E-state index in [2.05, 4.69) is 15.3 Å². The van der Waals surface area contributed by atoms with Crippen molar-refractivity contribution in [1.29, 1.82) is 0 Å². The van der Waals surface area contributed by atoms with Crippen molar-refractivity contribution in [3.63, 3.8) is 0 Å². The molecule has 2 heterocycles. The number of pyridine rings is 1. The van der Waals surface area contributed by atoms with Crippen LogP contribution in [0.25, 0.3) is 11.0 Å². The predicted molar refractivity (Wildman–Crippen MR) is 105 cm³/mol. The highest BCUT2D eigenvalue weighted by Gasteiger charge is 2.17. The number of nitrogens with zero attached hydrogens (tertiary/aromatic N) is 3. The summed E-state index contributed by atoms with van der Waals surface area (Å²) in [4.78, 5) is 21.6. The Morgan fingerprint density at radius 3 is 2.66 bits per heavy atom. The molecule has 0 unspecified atom stereocenters. The van der Waals surface area contributed by atoms with E-state index in [9.17, 15) is 18.7 Å². The molecule has 0 aliphatic carbocycles. The highest BCUT2D eigenvalue weighted by molar-refractivity contribution is 5.77. The second kappa shape index (κ2) is 8.52. The number of halogens is 2. The minimum Gasteiger partial charge on any atom is -0.448 e. The van der Waals surface area contributed by atoms with Crippen LogP contribution < -0.4 is 15.6 Å². The minimum absolute atomic E-state index is 0.0434. The molecule has 0 spiro atoms. The summed E-state index contributed by atoms with van der Waals surface area (Å²) in [6.45, 7) is 5.48. The highest BCUT2D eigenvalue weighted by atomic mass is 19.1. The largest absolute Gasteiger partial charge is 0.448 e. The lowest BCUT2D eigenvalue weighted by Gasteiger charge is -2.16. The molecule has 0 bridgehead atoms. The summed E-state index contributed by atoms with van der Waals surface area (Å²) in [5, 5.41) is 13.4. The normalized spacial score (nSPS) is 13.3. The van der Waals surface area contributed by atoms with Gasteiger partial charge in [-0.05, 0) is 38.5 Å². The lowest BCUT2D eigenvalue weighted by Crippen LogP contribution is -2.27. The maximum Gasteiger partial charge on any atom is 0.295 e. The Balaban J connectivity index is 2.11. The fourth-order valence-electron chi connectivity index (χ4n) is 2.71. The molecule has 0 aliphatic heterocycles. The van der Waals surface area contributed by atoms with Gasteiger partial charge >= 0.3 is 0 Å². The van der Waals surface area contributed by atoms with Crippen LogP contribution in [0.2, 0.25) is 0 Å². The van der Waals surface area contributed by atoms with Crippen molar-refractivity contribution >= 4 is 17.0 Å². The predicted octanol–water partition coefficient (Wildman–Crippen LogP) is 3.45. The fourth-order valence-corrected chi connectivity index (χ4v) is 2.71. The fraction of sp³-hybridized carbons (Fsp3) is 0.350. The number of ether oxygens (including phenoxy) is 1. The van der Waals surface area contributed by atoms with Crippen LogP contribution >= 0.6 is 0 Å². The summed E-state index contributed by atoms with van der Waals surface area (Å²) < 4.78 is 33.7. The van der Waals surface area contributed by atoms with Crippen LogP contribution in [-0.4, -0.2) is 31.8 Å². The van der Waals surface area contributed by atoms with Crippen molar-refractivity contribution in [2.45, 2.75) is 45.9 Å². The summed E-state index contributed by atoms with van der Waals surface area (Å²) in [5.74, 6) is -1.81. The Morgan fingerprint density at radius 1 is 1.24 bits per heavy atom. The summed E-state index contributed by atoms with van der Waals surface area (Å²) >= 11 is 0. The quantitative estimate of drug-likeness (QED) is 0.627. The van der Waals surface area contributed by atoms with Gasteiger partial charge in [-0.2, -0.15) is 4.98 Å². The second-order valence-corrected chi connectivity index (χ2v) is 6.88. The van der Waals surface area contributed by atoms with E-state index in [-0.39, 0.29) is 24.1 Å². The number of rotatable bonds is 7. The molecule has 1 aromatic carbocycles. The van der Waals surface area contributed by atoms with E-state index >= 15 is 0 Å². The SMILES string of the molecule is CC[C@H](C)Nc1ncc2cc(Oc3ccc(F)cc3F)c(=O)n(C[C@H](C)O)c2n1. The van der Waals surface area contributed by atoms with E-state index in [4.69, 9.17) is 4.74 Å². The van der Waals surface area contributed by atoms with Crippen LogP contribution in [0.15, 0.2) is 35.3 Å². The molecule has 29 heavy (non-hydrogen) atoms. The van der Waals surface area contributed by atoms with Crippen LogP contribution in [0, 0.1) is 11.6 Å². The number of aromatic nitrogens is 3. The Labute approximate surface area is 166 Å². The standard InChI is InChI=1S/C20H22F2N4O3/c1-4-11(2)24-20-23-9-13-7-17(29-16-6-5-14(21)8-15(16)22)19(28)26(10-12(3)27)18(13)25-20/h5-9,11-12,27H,4,10H2,1-3H3,(H,23,24,25)/t11-,12-/m0/s1. The number of fused-ring (bicyclic) bond motifs is 1. The van der Waals surface area contributed by atoms with Gasteiger partial charge in [0.2, 0.25) is 5.95 Å². The van der Waals surface area contributed by atoms with E-state index in [0.29, 0.717) is 23.0 Å². The Bertz CT molecular complexity index is 1090. The monoisotopic (exact) mass is 404 g/mol. The number of anilines is 1. The third kappa shape index (κ3) is 4.68. The molecule has 3 aromatic rings. The summed E-state index contributed by atoms with van der Waals surface area (Å²) in [6.07, 6.45) is 1.53. The maximum atomic E-state index is 14.0. The van der Waals surface area contributed by atoms with Crippen molar-refractivity contribution in [2.24, 2.45) is 0 Å². The van der Waals surface area contributed by atoms with Crippen molar-refractivity contribution < 1.29 is 18.6 Å². The molecule has 0 radical (unpaired) electrons. The number of aliphatic hydroxyl groups is 1. The molecule has 2 atom stereocenters. The van der Waals surface area contributed by atoms with E-state index in [1.807, 2.05) is 13.8 Å². The van der Waals surface area contributed by atoms with E-state index in [0.717, 1.165) is 18.6 Å². The second-order valence-electron chi connectivity index (χ2n) is 6.88. The number of hydrogen-bond acceptors (Lipinski definition) is 6. The molecule has 2 N–H and O–H groups in total. The van der Waals surface area contributed by atoms with Crippen LogP contribution in [-0.2, 0) is 6.54 Å². The number of hydrogen-bond donors (Lipinski definition) is 2. The number of nitrogens with one attached hydrogen (secondary N) is 1. The topological polar surface area (TPSA) is 89.3 Å². The van der Waals surface area contributed by atoms with Crippen LogP contribution in [0.4, 0.5) is 14.7 Å². The Kier molecular flexibility index (Phi) is 6.07. The van der Waals surface area contributed by atoms with Gasteiger partial charge in [0.15, 0.2) is 17.3 Å². The molecule has 2 aromatic heterocycles. The van der Waals surface area contributed by atoms with Crippen LogP contribution in [0.5, 0.6) is 11.5 Å². The molecule has 3 rings (SSSR count). The first kappa shape index (κ1) is 20.7. The molecule has 9 heteroatoms. The van der Waals surface area contributed by atoms with Crippen molar-refractivity contribution in [3.05, 3.63) is 52.5 Å². The molecule has 0 amide bonds. The molecule has 0 saturated carbocycles. The minimum atomic E-state index is -0.934. The highest BCUT2D eigenvalue weighted by Crippen LogP contribution is 2.25. The van der Waals surface area contributed by atoms with Crippen molar-refractivity contribution in [1.82, 2.24) is 14.5 Å². The number of benzene rings is 1. The molecule has 0 fully saturated rings. The first-order valence-corrected chi connectivity index (χ1v) is 9.26. The third-order valence-corrected chi connectivity index (χ3v) is 4.34. The van der Waals surface area contributed by atoms with Crippen molar-refractivity contribution in [2.75, 3.05) is 5.32 Å². The summed E-state index contributed by atoms with van der Waals surface area (Å²) in [5.41, 5.74) is -0.293. The zero-order chi connectivity index (χ0) is 21.1. The van der Waals surface area contributed by atoms with Gasteiger partial charge in [0.05, 0.1) is 12.6 Å². The smallest absolute Gasteiger partial charge is 0.295 e. The van der Waals surface area contributed by atoms with Crippen LogP contribution in [0.1, 0.15) is 27.2 Å². The molecule has 0 saturated heterocycles. The summed E-state index contributed by atoms with van der Waals surface area (Å²) in [6, 6.07) is 4.33. The molecule has 0 aliphatic rings. The van der Waals surface area contributed by atoms with Gasteiger partial charge in [-0.15, -0.1) is 0 Å². The van der Waals surface area contributed by atoms with Gasteiger partial charge in [-0.1, -0.05) is 6.92 Å². The Hall–Kier alpha value is -3.07. The maximum absolute atomic E-state index is 14.0. The molecule has 154 valence electrons. The molecule has 7 nitrogen and oxygen atoms in total. The summed E-state index contributed by atoms with van der Waals surface area (Å²) in [7, 11) is 0. The van der Waals surface area contributed by atoms with E-state index < -0.39 is 23.3 Å². The zero-order valence-electron chi connectivity index (χ0n) is 16.3. The van der Waals surface area contributed by atoms with Gasteiger partial charge in [-0.25, -0.2) is 13.8 Å². The van der Waals surface area contributed by atoms with E-state index in [1.165, 1.54) is 23.8 Å². The molecular formula is C20H22F2N4O3. The molecular weight excluding hydrogens is 382 g/mol. The first-order chi connectivity index (χ1) is 13.8.